The van der Waals surface area contributed by atoms with Gasteiger partial charge in [0.05, 0.1) is 5.52 Å². The minimum absolute atomic E-state index is 0.0251. The van der Waals surface area contributed by atoms with Crippen molar-refractivity contribution >= 4 is 11.0 Å². The summed E-state index contributed by atoms with van der Waals surface area (Å²) in [5.74, 6) is 0. The fourth-order valence-corrected chi connectivity index (χ4v) is 2.55. The first-order valence-electron chi connectivity index (χ1n) is 6.46. The summed E-state index contributed by atoms with van der Waals surface area (Å²) < 4.78 is 7.66. The third kappa shape index (κ3) is 1.79. The van der Waals surface area contributed by atoms with Crippen molar-refractivity contribution in [1.29, 1.82) is 0 Å². The molecule has 0 radical (unpaired) electrons. The largest absolute Gasteiger partial charge is 0.356 e. The van der Waals surface area contributed by atoms with Crippen molar-refractivity contribution in [2.45, 2.75) is 39.0 Å². The maximum Gasteiger partial charge on any atom is 0.152 e. The second-order valence-corrected chi connectivity index (χ2v) is 4.79. The van der Waals surface area contributed by atoms with Gasteiger partial charge in [-0.2, -0.15) is 0 Å². The summed E-state index contributed by atoms with van der Waals surface area (Å²) in [6.45, 7) is 3.35. The molecule has 2 aromatic rings. The van der Waals surface area contributed by atoms with E-state index in [4.69, 9.17) is 10.5 Å². The highest BCUT2D eigenvalue weighted by Crippen LogP contribution is 2.27. The molecule has 1 unspecified atom stereocenters. The predicted octanol–water partition coefficient (Wildman–Crippen LogP) is 1.90. The summed E-state index contributed by atoms with van der Waals surface area (Å²) in [6, 6.07) is 4.13. The highest BCUT2D eigenvalue weighted by atomic mass is 16.5. The number of nitrogens with two attached hydrogens (primary N) is 1. The smallest absolute Gasteiger partial charge is 0.152 e. The molecule has 96 valence electrons. The van der Waals surface area contributed by atoms with Gasteiger partial charge in [0.2, 0.25) is 0 Å². The molecule has 0 bridgehead atoms. The predicted molar refractivity (Wildman–Crippen MR) is 69.0 cm³/mol. The Balaban J connectivity index is 2.08. The summed E-state index contributed by atoms with van der Waals surface area (Å²) in [7, 11) is 0. The van der Waals surface area contributed by atoms with E-state index in [0.29, 0.717) is 6.54 Å². The summed E-state index contributed by atoms with van der Waals surface area (Å²) in [6.07, 6.45) is 3.35. The van der Waals surface area contributed by atoms with E-state index in [-0.39, 0.29) is 6.23 Å². The zero-order chi connectivity index (χ0) is 12.5. The van der Waals surface area contributed by atoms with Gasteiger partial charge in [-0.1, -0.05) is 11.3 Å². The van der Waals surface area contributed by atoms with Crippen molar-refractivity contribution in [3.05, 3.63) is 23.3 Å². The summed E-state index contributed by atoms with van der Waals surface area (Å²) in [4.78, 5) is 0. The van der Waals surface area contributed by atoms with Crippen LogP contribution in [-0.4, -0.2) is 21.6 Å². The lowest BCUT2D eigenvalue weighted by Crippen LogP contribution is -2.19. The van der Waals surface area contributed by atoms with Gasteiger partial charge in [0.25, 0.3) is 0 Å². The van der Waals surface area contributed by atoms with Crippen LogP contribution in [0.25, 0.3) is 11.0 Å². The fourth-order valence-electron chi connectivity index (χ4n) is 2.55. The molecule has 1 aromatic carbocycles. The van der Waals surface area contributed by atoms with Crippen LogP contribution >= 0.6 is 0 Å². The standard InChI is InChI=1S/C13H18N4O/c1-9-5-6-11-13(10(9)8-14)15-16-17(11)12-4-2-3-7-18-12/h5-6,12H,2-4,7-8,14H2,1H3. The highest BCUT2D eigenvalue weighted by Gasteiger charge is 2.20. The summed E-state index contributed by atoms with van der Waals surface area (Å²) in [5, 5.41) is 8.53. The molecule has 5 heteroatoms. The molecular weight excluding hydrogens is 228 g/mol. The molecule has 18 heavy (non-hydrogen) atoms. The molecule has 2 heterocycles. The summed E-state index contributed by atoms with van der Waals surface area (Å²) in [5.41, 5.74) is 9.97. The maximum absolute atomic E-state index is 5.80. The summed E-state index contributed by atoms with van der Waals surface area (Å²) >= 11 is 0. The van der Waals surface area contributed by atoms with E-state index >= 15 is 0 Å². The molecule has 1 aromatic heterocycles. The van der Waals surface area contributed by atoms with Crippen molar-refractivity contribution < 1.29 is 4.74 Å². The first kappa shape index (κ1) is 11.6. The monoisotopic (exact) mass is 246 g/mol. The zero-order valence-electron chi connectivity index (χ0n) is 10.6. The van der Waals surface area contributed by atoms with Gasteiger partial charge in [-0.3, -0.25) is 0 Å². The normalized spacial score (nSPS) is 20.4. The van der Waals surface area contributed by atoms with Gasteiger partial charge >= 0.3 is 0 Å². The topological polar surface area (TPSA) is 66.0 Å². The second kappa shape index (κ2) is 4.66. The highest BCUT2D eigenvalue weighted by molar-refractivity contribution is 5.79. The van der Waals surface area contributed by atoms with E-state index < -0.39 is 0 Å². The number of fused-ring (bicyclic) bond motifs is 1. The van der Waals surface area contributed by atoms with Crippen molar-refractivity contribution in [3.63, 3.8) is 0 Å². The van der Waals surface area contributed by atoms with Crippen molar-refractivity contribution in [1.82, 2.24) is 15.0 Å². The number of aryl methyl sites for hydroxylation is 1. The molecule has 2 N–H and O–H groups in total. The number of hydrogen-bond acceptors (Lipinski definition) is 4. The van der Waals surface area contributed by atoms with Gasteiger partial charge in [-0.15, -0.1) is 5.10 Å². The molecule has 3 rings (SSSR count). The lowest BCUT2D eigenvalue weighted by molar-refractivity contribution is -0.0377. The minimum Gasteiger partial charge on any atom is -0.356 e. The third-order valence-electron chi connectivity index (χ3n) is 3.62. The number of aromatic nitrogens is 3. The maximum atomic E-state index is 5.80. The quantitative estimate of drug-likeness (QED) is 0.878. The Labute approximate surface area is 106 Å². The lowest BCUT2D eigenvalue weighted by atomic mass is 10.1. The fraction of sp³-hybridized carbons (Fsp3) is 0.538. The van der Waals surface area contributed by atoms with Gasteiger partial charge in [0, 0.05) is 13.2 Å². The molecule has 1 aliphatic heterocycles. The molecule has 0 saturated carbocycles. The van der Waals surface area contributed by atoms with Crippen LogP contribution in [0.2, 0.25) is 0 Å². The van der Waals surface area contributed by atoms with Gasteiger partial charge in [-0.25, -0.2) is 4.68 Å². The van der Waals surface area contributed by atoms with Crippen LogP contribution in [0.1, 0.15) is 36.6 Å². The Morgan fingerprint density at radius 3 is 3.06 bits per heavy atom. The molecule has 1 saturated heterocycles. The average Bonchev–Trinajstić information content (AvgIpc) is 2.83. The number of hydrogen-bond donors (Lipinski definition) is 1. The van der Waals surface area contributed by atoms with E-state index in [1.807, 2.05) is 4.68 Å². The molecular formula is C13H18N4O. The lowest BCUT2D eigenvalue weighted by Gasteiger charge is -2.22. The van der Waals surface area contributed by atoms with Gasteiger partial charge < -0.3 is 10.5 Å². The minimum atomic E-state index is 0.0251. The molecule has 0 amide bonds. The SMILES string of the molecule is Cc1ccc2c(nnn2C2CCCCO2)c1CN. The van der Waals surface area contributed by atoms with Crippen LogP contribution in [0.15, 0.2) is 12.1 Å². The van der Waals surface area contributed by atoms with Crippen molar-refractivity contribution in [2.75, 3.05) is 6.61 Å². The second-order valence-electron chi connectivity index (χ2n) is 4.79. The number of ether oxygens (including phenoxy) is 1. The zero-order valence-corrected chi connectivity index (χ0v) is 10.6. The molecule has 1 fully saturated rings. The Bertz CT molecular complexity index is 557. The molecule has 1 atom stereocenters. The molecule has 0 spiro atoms. The number of nitrogens with zero attached hydrogens (tertiary/aromatic N) is 3. The Morgan fingerprint density at radius 2 is 2.33 bits per heavy atom. The third-order valence-corrected chi connectivity index (χ3v) is 3.62. The van der Waals surface area contributed by atoms with E-state index in [9.17, 15) is 0 Å². The van der Waals surface area contributed by atoms with Crippen molar-refractivity contribution in [2.24, 2.45) is 5.73 Å². The average molecular weight is 246 g/mol. The Hall–Kier alpha value is -1.46. The van der Waals surface area contributed by atoms with E-state index in [1.54, 1.807) is 0 Å². The van der Waals surface area contributed by atoms with Gasteiger partial charge in [0.15, 0.2) is 6.23 Å². The first-order chi connectivity index (χ1) is 8.81. The van der Waals surface area contributed by atoms with Gasteiger partial charge in [-0.05, 0) is 43.4 Å². The van der Waals surface area contributed by atoms with Crippen LogP contribution in [0.4, 0.5) is 0 Å². The van der Waals surface area contributed by atoms with E-state index in [2.05, 4.69) is 29.4 Å². The van der Waals surface area contributed by atoms with E-state index in [0.717, 1.165) is 36.0 Å². The van der Waals surface area contributed by atoms with Crippen LogP contribution in [0.3, 0.4) is 0 Å². The van der Waals surface area contributed by atoms with Crippen LogP contribution in [0, 0.1) is 6.92 Å². The molecule has 5 nitrogen and oxygen atoms in total. The first-order valence-corrected chi connectivity index (χ1v) is 6.46. The van der Waals surface area contributed by atoms with Crippen molar-refractivity contribution in [3.8, 4) is 0 Å². The number of benzene rings is 1. The van der Waals surface area contributed by atoms with Crippen LogP contribution in [0.5, 0.6) is 0 Å². The molecule has 1 aliphatic rings. The Morgan fingerprint density at radius 1 is 1.44 bits per heavy atom. The van der Waals surface area contributed by atoms with E-state index in [1.165, 1.54) is 12.0 Å². The van der Waals surface area contributed by atoms with Crippen LogP contribution in [-0.2, 0) is 11.3 Å². The molecule has 0 aliphatic carbocycles. The van der Waals surface area contributed by atoms with Crippen LogP contribution < -0.4 is 5.73 Å². The number of rotatable bonds is 2. The van der Waals surface area contributed by atoms with Gasteiger partial charge in [0.1, 0.15) is 5.52 Å². The Kier molecular flexibility index (Phi) is 3.01.